The van der Waals surface area contributed by atoms with Crippen molar-refractivity contribution in [3.05, 3.63) is 47.9 Å². The molecule has 4 heteroatoms. The molecule has 1 fully saturated rings. The third-order valence-corrected chi connectivity index (χ3v) is 3.62. The van der Waals surface area contributed by atoms with E-state index in [9.17, 15) is 0 Å². The molecule has 3 rings (SSSR count). The van der Waals surface area contributed by atoms with Crippen LogP contribution in [0.1, 0.15) is 30.1 Å². The molecular weight excluding hydrogens is 238 g/mol. The number of methoxy groups -OCH3 is 1. The zero-order valence-electron chi connectivity index (χ0n) is 11.1. The maximum atomic E-state index is 6.20. The lowest BCUT2D eigenvalue weighted by Gasteiger charge is -2.07. The van der Waals surface area contributed by atoms with Crippen LogP contribution in [0.5, 0.6) is 5.88 Å². The second-order valence-corrected chi connectivity index (χ2v) is 5.15. The summed E-state index contributed by atoms with van der Waals surface area (Å²) in [5, 5.41) is 0. The number of nitrogens with two attached hydrogens (primary N) is 1. The molecule has 1 aliphatic carbocycles. The molecule has 2 aromatic rings. The van der Waals surface area contributed by atoms with E-state index in [0.29, 0.717) is 11.8 Å². The number of pyridine rings is 1. The summed E-state index contributed by atoms with van der Waals surface area (Å²) >= 11 is 0. The fourth-order valence-corrected chi connectivity index (χ4v) is 2.33. The van der Waals surface area contributed by atoms with E-state index in [1.165, 1.54) is 18.4 Å². The Kier molecular flexibility index (Phi) is 3.25. The molecule has 0 aliphatic heterocycles. The van der Waals surface area contributed by atoms with E-state index in [2.05, 4.69) is 28.0 Å². The zero-order chi connectivity index (χ0) is 13.2. The minimum absolute atomic E-state index is 0.194. The second kappa shape index (κ2) is 5.05. The summed E-state index contributed by atoms with van der Waals surface area (Å²) < 4.78 is 7.26. The maximum absolute atomic E-state index is 6.20. The number of rotatable bonds is 5. The molecule has 1 saturated carbocycles. The van der Waals surface area contributed by atoms with Crippen molar-refractivity contribution in [2.24, 2.45) is 11.7 Å². The third-order valence-electron chi connectivity index (χ3n) is 3.62. The average molecular weight is 257 g/mol. The van der Waals surface area contributed by atoms with Crippen LogP contribution in [-0.2, 0) is 6.54 Å². The van der Waals surface area contributed by atoms with Crippen LogP contribution in [0.25, 0.3) is 0 Å². The van der Waals surface area contributed by atoms with Gasteiger partial charge in [0, 0.05) is 24.5 Å². The molecule has 1 unspecified atom stereocenters. The summed E-state index contributed by atoms with van der Waals surface area (Å²) in [7, 11) is 1.63. The van der Waals surface area contributed by atoms with Crippen LogP contribution >= 0.6 is 0 Å². The van der Waals surface area contributed by atoms with E-state index in [0.717, 1.165) is 12.2 Å². The van der Waals surface area contributed by atoms with Crippen molar-refractivity contribution < 1.29 is 4.74 Å². The molecule has 4 nitrogen and oxygen atoms in total. The molecule has 2 N–H and O–H groups in total. The molecule has 0 bridgehead atoms. The Morgan fingerprint density at radius 3 is 3.00 bits per heavy atom. The van der Waals surface area contributed by atoms with Crippen LogP contribution in [0.3, 0.4) is 0 Å². The summed E-state index contributed by atoms with van der Waals surface area (Å²) in [4.78, 5) is 4.41. The smallest absolute Gasteiger partial charge is 0.213 e. The summed E-state index contributed by atoms with van der Waals surface area (Å²) in [6.07, 6.45) is 6.73. The van der Waals surface area contributed by atoms with E-state index in [1.54, 1.807) is 7.11 Å². The Morgan fingerprint density at radius 2 is 2.26 bits per heavy atom. The van der Waals surface area contributed by atoms with Crippen LogP contribution in [0.15, 0.2) is 36.7 Å². The molecule has 2 heterocycles. The van der Waals surface area contributed by atoms with Gasteiger partial charge in [-0.2, -0.15) is 0 Å². The van der Waals surface area contributed by atoms with Gasteiger partial charge in [0.1, 0.15) is 0 Å². The van der Waals surface area contributed by atoms with Crippen molar-refractivity contribution in [2.45, 2.75) is 25.4 Å². The molecule has 0 amide bonds. The standard InChI is InChI=1S/C15H19N3O/c1-19-14-4-2-3-13(17-14)10-18-8-7-12(9-18)15(16)11-5-6-11/h2-4,7-9,11,15H,5-6,10,16H2,1H3. The fourth-order valence-electron chi connectivity index (χ4n) is 2.33. The normalized spacial score (nSPS) is 16.3. The fraction of sp³-hybridized carbons (Fsp3) is 0.400. The molecule has 19 heavy (non-hydrogen) atoms. The lowest BCUT2D eigenvalue weighted by molar-refractivity contribution is 0.396. The van der Waals surface area contributed by atoms with E-state index in [-0.39, 0.29) is 6.04 Å². The first kappa shape index (κ1) is 12.2. The van der Waals surface area contributed by atoms with Gasteiger partial charge in [-0.25, -0.2) is 4.98 Å². The Hall–Kier alpha value is -1.81. The molecule has 0 saturated heterocycles. The maximum Gasteiger partial charge on any atom is 0.213 e. The summed E-state index contributed by atoms with van der Waals surface area (Å²) in [6.45, 7) is 0.745. The molecule has 0 aromatic carbocycles. The van der Waals surface area contributed by atoms with E-state index in [4.69, 9.17) is 10.5 Å². The second-order valence-electron chi connectivity index (χ2n) is 5.15. The summed E-state index contributed by atoms with van der Waals surface area (Å²) in [5.74, 6) is 1.34. The first-order valence-electron chi connectivity index (χ1n) is 6.67. The van der Waals surface area contributed by atoms with Gasteiger partial charge < -0.3 is 15.0 Å². The summed E-state index contributed by atoms with van der Waals surface area (Å²) in [6, 6.07) is 8.13. The highest BCUT2D eigenvalue weighted by Crippen LogP contribution is 2.39. The number of aromatic nitrogens is 2. The van der Waals surface area contributed by atoms with Crippen molar-refractivity contribution >= 4 is 0 Å². The zero-order valence-corrected chi connectivity index (χ0v) is 11.1. The Bertz CT molecular complexity index is 560. The van der Waals surface area contributed by atoms with Gasteiger partial charge in [-0.1, -0.05) is 6.07 Å². The molecule has 2 aromatic heterocycles. The van der Waals surface area contributed by atoms with Gasteiger partial charge in [0.15, 0.2) is 0 Å². The SMILES string of the molecule is COc1cccc(Cn2ccc(C(N)C3CC3)c2)n1. The van der Waals surface area contributed by atoms with Gasteiger partial charge in [0.05, 0.1) is 19.3 Å². The van der Waals surface area contributed by atoms with Crippen LogP contribution in [0.2, 0.25) is 0 Å². The topological polar surface area (TPSA) is 53.1 Å². The highest BCUT2D eigenvalue weighted by Gasteiger charge is 2.29. The van der Waals surface area contributed by atoms with Crippen LogP contribution in [0.4, 0.5) is 0 Å². The summed E-state index contributed by atoms with van der Waals surface area (Å²) in [5.41, 5.74) is 8.42. The first-order valence-corrected chi connectivity index (χ1v) is 6.67. The lowest BCUT2D eigenvalue weighted by atomic mass is 10.1. The van der Waals surface area contributed by atoms with Gasteiger partial charge in [-0.05, 0) is 36.5 Å². The molecule has 1 aliphatic rings. The quantitative estimate of drug-likeness (QED) is 0.894. The van der Waals surface area contributed by atoms with E-state index < -0.39 is 0 Å². The molecular formula is C15H19N3O. The van der Waals surface area contributed by atoms with Gasteiger partial charge in [-0.15, -0.1) is 0 Å². The number of nitrogens with zero attached hydrogens (tertiary/aromatic N) is 2. The monoisotopic (exact) mass is 257 g/mol. The number of ether oxygens (including phenoxy) is 1. The molecule has 0 radical (unpaired) electrons. The highest BCUT2D eigenvalue weighted by atomic mass is 16.5. The predicted molar refractivity (Wildman–Crippen MR) is 74.0 cm³/mol. The third kappa shape index (κ3) is 2.79. The van der Waals surface area contributed by atoms with E-state index >= 15 is 0 Å². The van der Waals surface area contributed by atoms with E-state index in [1.807, 2.05) is 18.2 Å². The highest BCUT2D eigenvalue weighted by molar-refractivity contribution is 5.20. The minimum atomic E-state index is 0.194. The van der Waals surface area contributed by atoms with Crippen molar-refractivity contribution in [1.82, 2.24) is 9.55 Å². The van der Waals surface area contributed by atoms with Crippen molar-refractivity contribution in [3.63, 3.8) is 0 Å². The lowest BCUT2D eigenvalue weighted by Crippen LogP contribution is -2.11. The van der Waals surface area contributed by atoms with Crippen molar-refractivity contribution in [1.29, 1.82) is 0 Å². The number of hydrogen-bond donors (Lipinski definition) is 1. The first-order chi connectivity index (χ1) is 9.26. The molecule has 1 atom stereocenters. The number of hydrogen-bond acceptors (Lipinski definition) is 3. The van der Waals surface area contributed by atoms with Crippen molar-refractivity contribution in [3.8, 4) is 5.88 Å². The van der Waals surface area contributed by atoms with Crippen LogP contribution < -0.4 is 10.5 Å². The molecule has 100 valence electrons. The van der Waals surface area contributed by atoms with Gasteiger partial charge in [0.2, 0.25) is 5.88 Å². The van der Waals surface area contributed by atoms with Crippen LogP contribution in [0, 0.1) is 5.92 Å². The van der Waals surface area contributed by atoms with Gasteiger partial charge in [0.25, 0.3) is 0 Å². The molecule has 0 spiro atoms. The van der Waals surface area contributed by atoms with Gasteiger partial charge in [-0.3, -0.25) is 0 Å². The minimum Gasteiger partial charge on any atom is -0.481 e. The van der Waals surface area contributed by atoms with Crippen LogP contribution in [-0.4, -0.2) is 16.7 Å². The Labute approximate surface area is 113 Å². The Balaban J connectivity index is 1.72. The Morgan fingerprint density at radius 1 is 1.42 bits per heavy atom. The van der Waals surface area contributed by atoms with Crippen molar-refractivity contribution in [2.75, 3.05) is 7.11 Å². The predicted octanol–water partition coefficient (Wildman–Crippen LogP) is 2.35. The average Bonchev–Trinajstić information content (AvgIpc) is 3.19. The van der Waals surface area contributed by atoms with Gasteiger partial charge >= 0.3 is 0 Å². The largest absolute Gasteiger partial charge is 0.481 e.